The number of amides is 2. The Morgan fingerprint density at radius 2 is 2.13 bits per heavy atom. The second kappa shape index (κ2) is 6.26. The monoisotopic (exact) mass is 330 g/mol. The summed E-state index contributed by atoms with van der Waals surface area (Å²) in [7, 11) is 0. The molecule has 1 aromatic carbocycles. The first kappa shape index (κ1) is 15.3. The summed E-state index contributed by atoms with van der Waals surface area (Å²) in [5.41, 5.74) is 1.81. The van der Waals surface area contributed by atoms with Gasteiger partial charge in [-0.05, 0) is 18.2 Å². The first-order chi connectivity index (χ1) is 11.1. The molecule has 0 saturated carbocycles. The molecule has 0 unspecified atom stereocenters. The fourth-order valence-corrected chi connectivity index (χ4v) is 2.64. The first-order valence-electron chi connectivity index (χ1n) is 7.11. The number of nitrogens with zero attached hydrogens (tertiary/aromatic N) is 2. The highest BCUT2D eigenvalue weighted by atomic mass is 35.5. The molecule has 0 atom stereocenters. The van der Waals surface area contributed by atoms with Crippen LogP contribution in [0, 0.1) is 0 Å². The zero-order valence-corrected chi connectivity index (χ0v) is 13.0. The lowest BCUT2D eigenvalue weighted by Gasteiger charge is -2.38. The van der Waals surface area contributed by atoms with E-state index in [4.69, 9.17) is 11.6 Å². The average Bonchev–Trinajstić information content (AvgIpc) is 2.99. The molecule has 2 aromatic rings. The van der Waals surface area contributed by atoms with Crippen LogP contribution < -0.4 is 5.32 Å². The fraction of sp³-hybridized carbons (Fsp3) is 0.188. The average molecular weight is 331 g/mol. The van der Waals surface area contributed by atoms with Gasteiger partial charge in [0.15, 0.2) is 5.69 Å². The summed E-state index contributed by atoms with van der Waals surface area (Å²) in [6, 6.07) is 8.99. The number of aromatic amines is 1. The van der Waals surface area contributed by atoms with Gasteiger partial charge in [0.25, 0.3) is 5.91 Å². The zero-order chi connectivity index (χ0) is 16.4. The minimum absolute atomic E-state index is 0.0357. The molecule has 118 valence electrons. The lowest BCUT2D eigenvalue weighted by atomic mass is 10.1. The van der Waals surface area contributed by atoms with Crippen LogP contribution in [0.3, 0.4) is 0 Å². The third-order valence-corrected chi connectivity index (χ3v) is 3.99. The SMILES string of the molecule is C=CC(=O)NC1CN(C(=O)c2cc(-c3ccccc3Cl)[nH]n2)C1. The van der Waals surface area contributed by atoms with Crippen molar-refractivity contribution in [2.24, 2.45) is 0 Å². The van der Waals surface area contributed by atoms with Crippen LogP contribution in [0.1, 0.15) is 10.5 Å². The second-order valence-corrected chi connectivity index (χ2v) is 5.67. The molecule has 1 aromatic heterocycles. The molecular weight excluding hydrogens is 316 g/mol. The van der Waals surface area contributed by atoms with E-state index < -0.39 is 0 Å². The smallest absolute Gasteiger partial charge is 0.274 e. The quantitative estimate of drug-likeness (QED) is 0.840. The molecule has 0 spiro atoms. The molecule has 1 saturated heterocycles. The minimum Gasteiger partial charge on any atom is -0.346 e. The number of rotatable bonds is 4. The maximum Gasteiger partial charge on any atom is 0.274 e. The van der Waals surface area contributed by atoms with E-state index >= 15 is 0 Å². The third kappa shape index (κ3) is 3.12. The van der Waals surface area contributed by atoms with E-state index in [2.05, 4.69) is 22.1 Å². The summed E-state index contributed by atoms with van der Waals surface area (Å²) in [4.78, 5) is 25.2. The van der Waals surface area contributed by atoms with Gasteiger partial charge in [0.05, 0.1) is 11.7 Å². The number of hydrogen-bond donors (Lipinski definition) is 2. The van der Waals surface area contributed by atoms with Crippen LogP contribution in [-0.2, 0) is 4.79 Å². The van der Waals surface area contributed by atoms with Crippen molar-refractivity contribution in [3.05, 3.63) is 53.7 Å². The number of benzene rings is 1. The molecule has 1 aliphatic rings. The van der Waals surface area contributed by atoms with Gasteiger partial charge in [-0.15, -0.1) is 0 Å². The van der Waals surface area contributed by atoms with E-state index in [-0.39, 0.29) is 17.9 Å². The molecule has 1 fully saturated rings. The Labute approximate surface area is 138 Å². The normalized spacial score (nSPS) is 14.2. The van der Waals surface area contributed by atoms with E-state index in [1.165, 1.54) is 6.08 Å². The Morgan fingerprint density at radius 1 is 1.39 bits per heavy atom. The van der Waals surface area contributed by atoms with Crippen molar-refractivity contribution in [2.75, 3.05) is 13.1 Å². The lowest BCUT2D eigenvalue weighted by molar-refractivity contribution is -0.118. The van der Waals surface area contributed by atoms with Gasteiger partial charge in [-0.25, -0.2) is 0 Å². The highest BCUT2D eigenvalue weighted by molar-refractivity contribution is 6.33. The Balaban J connectivity index is 1.65. The van der Waals surface area contributed by atoms with Crippen molar-refractivity contribution in [1.29, 1.82) is 0 Å². The van der Waals surface area contributed by atoms with Crippen LogP contribution in [-0.4, -0.2) is 46.0 Å². The highest BCUT2D eigenvalue weighted by Gasteiger charge is 2.32. The second-order valence-electron chi connectivity index (χ2n) is 5.27. The van der Waals surface area contributed by atoms with Gasteiger partial charge in [-0.2, -0.15) is 5.10 Å². The topological polar surface area (TPSA) is 78.1 Å². The summed E-state index contributed by atoms with van der Waals surface area (Å²) >= 11 is 6.14. The van der Waals surface area contributed by atoms with Crippen LogP contribution >= 0.6 is 11.6 Å². The van der Waals surface area contributed by atoms with Gasteiger partial charge in [-0.1, -0.05) is 36.4 Å². The Bertz CT molecular complexity index is 765. The van der Waals surface area contributed by atoms with Crippen LogP contribution in [0.25, 0.3) is 11.3 Å². The largest absolute Gasteiger partial charge is 0.346 e. The number of halogens is 1. The van der Waals surface area contributed by atoms with E-state index in [1.807, 2.05) is 18.2 Å². The summed E-state index contributed by atoms with van der Waals surface area (Å²) in [5.74, 6) is -0.411. The molecule has 3 rings (SSSR count). The molecule has 23 heavy (non-hydrogen) atoms. The molecule has 0 bridgehead atoms. The highest BCUT2D eigenvalue weighted by Crippen LogP contribution is 2.26. The number of hydrogen-bond acceptors (Lipinski definition) is 3. The van der Waals surface area contributed by atoms with Crippen molar-refractivity contribution in [2.45, 2.75) is 6.04 Å². The predicted molar refractivity (Wildman–Crippen MR) is 87.1 cm³/mol. The maximum atomic E-state index is 12.3. The number of H-pyrrole nitrogens is 1. The van der Waals surface area contributed by atoms with Gasteiger partial charge in [0.2, 0.25) is 5.91 Å². The summed E-state index contributed by atoms with van der Waals surface area (Å²) in [5, 5.41) is 10.2. The van der Waals surface area contributed by atoms with Crippen LogP contribution in [0.5, 0.6) is 0 Å². The van der Waals surface area contributed by atoms with Crippen molar-refractivity contribution in [3.63, 3.8) is 0 Å². The lowest BCUT2D eigenvalue weighted by Crippen LogP contribution is -2.60. The molecular formula is C16H15ClN4O2. The molecule has 2 amide bonds. The van der Waals surface area contributed by atoms with Crippen molar-refractivity contribution < 1.29 is 9.59 Å². The van der Waals surface area contributed by atoms with Crippen molar-refractivity contribution in [3.8, 4) is 11.3 Å². The molecule has 0 radical (unpaired) electrons. The van der Waals surface area contributed by atoms with Gasteiger partial charge >= 0.3 is 0 Å². The van der Waals surface area contributed by atoms with Gasteiger partial charge < -0.3 is 10.2 Å². The maximum absolute atomic E-state index is 12.3. The van der Waals surface area contributed by atoms with E-state index in [0.29, 0.717) is 29.5 Å². The Hall–Kier alpha value is -2.60. The third-order valence-electron chi connectivity index (χ3n) is 3.66. The number of nitrogens with one attached hydrogen (secondary N) is 2. The Morgan fingerprint density at radius 3 is 2.83 bits per heavy atom. The Kier molecular flexibility index (Phi) is 4.16. The van der Waals surface area contributed by atoms with Crippen molar-refractivity contribution >= 4 is 23.4 Å². The van der Waals surface area contributed by atoms with Gasteiger partial charge in [0.1, 0.15) is 0 Å². The summed E-state index contributed by atoms with van der Waals surface area (Å²) < 4.78 is 0. The molecule has 2 N–H and O–H groups in total. The summed E-state index contributed by atoms with van der Waals surface area (Å²) in [6.07, 6.45) is 1.22. The van der Waals surface area contributed by atoms with Gasteiger partial charge in [0, 0.05) is 23.7 Å². The van der Waals surface area contributed by atoms with Crippen molar-refractivity contribution in [1.82, 2.24) is 20.4 Å². The molecule has 6 nitrogen and oxygen atoms in total. The zero-order valence-electron chi connectivity index (χ0n) is 12.3. The molecule has 7 heteroatoms. The molecule has 0 aliphatic carbocycles. The number of carbonyl (C=O) groups is 2. The van der Waals surface area contributed by atoms with Crippen LogP contribution in [0.4, 0.5) is 0 Å². The predicted octanol–water partition coefficient (Wildman–Crippen LogP) is 1.86. The molecule has 1 aliphatic heterocycles. The number of aromatic nitrogens is 2. The standard InChI is InChI=1S/C16H15ClN4O2/c1-2-15(22)18-10-8-21(9-10)16(23)14-7-13(19-20-14)11-5-3-4-6-12(11)17/h2-7,10H,1,8-9H2,(H,18,22)(H,19,20). The van der Waals surface area contributed by atoms with Gasteiger partial charge in [-0.3, -0.25) is 14.7 Å². The number of likely N-dealkylation sites (tertiary alicyclic amines) is 1. The van der Waals surface area contributed by atoms with E-state index in [9.17, 15) is 9.59 Å². The van der Waals surface area contributed by atoms with Crippen LogP contribution in [0.2, 0.25) is 5.02 Å². The molecule has 2 heterocycles. The summed E-state index contributed by atoms with van der Waals surface area (Å²) in [6.45, 7) is 4.32. The number of carbonyl (C=O) groups excluding carboxylic acids is 2. The van der Waals surface area contributed by atoms with Crippen LogP contribution in [0.15, 0.2) is 43.0 Å². The fourth-order valence-electron chi connectivity index (χ4n) is 2.41. The van der Waals surface area contributed by atoms with E-state index in [0.717, 1.165) is 5.56 Å². The minimum atomic E-state index is -0.233. The first-order valence-corrected chi connectivity index (χ1v) is 7.49. The van der Waals surface area contributed by atoms with E-state index in [1.54, 1.807) is 17.0 Å².